The molecule has 0 bridgehead atoms. The molecule has 0 fully saturated rings. The molecule has 10 heteroatoms. The molecule has 3 rings (SSSR count). The molecule has 1 aliphatic rings. The maximum Gasteiger partial charge on any atom is 0.226 e. The highest BCUT2D eigenvalue weighted by atomic mass is 79.9. The van der Waals surface area contributed by atoms with Gasteiger partial charge in [0, 0.05) is 36.1 Å². The van der Waals surface area contributed by atoms with Gasteiger partial charge < -0.3 is 19.7 Å². The quantitative estimate of drug-likeness (QED) is 0.406. The van der Waals surface area contributed by atoms with Gasteiger partial charge in [-0.1, -0.05) is 13.0 Å². The van der Waals surface area contributed by atoms with Crippen LogP contribution in [0.1, 0.15) is 44.7 Å². The minimum Gasteiger partial charge on any atom is -0.490 e. The second-order valence-electron chi connectivity index (χ2n) is 8.38. The lowest BCUT2D eigenvalue weighted by Gasteiger charge is -2.18. The van der Waals surface area contributed by atoms with Gasteiger partial charge in [-0.2, -0.15) is 0 Å². The SMILES string of the molecule is CCOc1ccc(CCNC(=O)CCS(=O)(=O)c2cc3c(cc2Br)CCN3C(=O)CC)cc1OCC. The van der Waals surface area contributed by atoms with Crippen LogP contribution in [0.4, 0.5) is 5.69 Å². The minimum absolute atomic E-state index is 0.0419. The first-order valence-corrected chi connectivity index (χ1v) is 14.6. The molecule has 1 heterocycles. The number of fused-ring (bicyclic) bond motifs is 1. The van der Waals surface area contributed by atoms with Crippen LogP contribution in [-0.4, -0.2) is 52.3 Å². The van der Waals surface area contributed by atoms with Crippen molar-refractivity contribution in [2.45, 2.75) is 51.3 Å². The topological polar surface area (TPSA) is 102 Å². The van der Waals surface area contributed by atoms with Crippen molar-refractivity contribution in [3.8, 4) is 11.5 Å². The summed E-state index contributed by atoms with van der Waals surface area (Å²) in [4.78, 5) is 26.4. The molecule has 0 spiro atoms. The number of halogens is 1. The van der Waals surface area contributed by atoms with Gasteiger partial charge in [0.25, 0.3) is 0 Å². The molecule has 0 saturated heterocycles. The smallest absolute Gasteiger partial charge is 0.226 e. The van der Waals surface area contributed by atoms with E-state index in [1.54, 1.807) is 24.0 Å². The first kappa shape index (κ1) is 28.0. The highest BCUT2D eigenvalue weighted by molar-refractivity contribution is 9.10. The molecular weight excluding hydrogens is 548 g/mol. The number of nitrogens with one attached hydrogen (secondary N) is 1. The fourth-order valence-corrected chi connectivity index (χ4v) is 6.55. The van der Waals surface area contributed by atoms with Crippen molar-refractivity contribution in [3.63, 3.8) is 0 Å². The molecule has 0 aromatic heterocycles. The Morgan fingerprint density at radius 2 is 1.78 bits per heavy atom. The lowest BCUT2D eigenvalue weighted by molar-refractivity contribution is -0.120. The predicted octanol–water partition coefficient (Wildman–Crippen LogP) is 4.07. The van der Waals surface area contributed by atoms with Gasteiger partial charge in [-0.15, -0.1) is 0 Å². The number of benzene rings is 2. The van der Waals surface area contributed by atoms with Gasteiger partial charge in [-0.3, -0.25) is 9.59 Å². The van der Waals surface area contributed by atoms with Gasteiger partial charge in [0.05, 0.1) is 23.9 Å². The molecule has 0 aliphatic carbocycles. The average molecular weight is 582 g/mol. The number of nitrogens with zero attached hydrogens (tertiary/aromatic N) is 1. The zero-order valence-electron chi connectivity index (χ0n) is 20.9. The molecule has 2 aromatic carbocycles. The maximum absolute atomic E-state index is 13.0. The van der Waals surface area contributed by atoms with E-state index in [-0.39, 0.29) is 28.9 Å². The zero-order chi connectivity index (χ0) is 26.3. The van der Waals surface area contributed by atoms with E-state index in [9.17, 15) is 18.0 Å². The monoisotopic (exact) mass is 580 g/mol. The third kappa shape index (κ3) is 6.79. The Labute approximate surface area is 221 Å². The summed E-state index contributed by atoms with van der Waals surface area (Å²) in [5, 5.41) is 2.79. The molecule has 1 N–H and O–H groups in total. The minimum atomic E-state index is -3.74. The van der Waals surface area contributed by atoms with Crippen molar-refractivity contribution < 1.29 is 27.5 Å². The second kappa shape index (κ2) is 12.6. The van der Waals surface area contributed by atoms with E-state index in [2.05, 4.69) is 21.2 Å². The Kier molecular flexibility index (Phi) is 9.78. The maximum atomic E-state index is 13.0. The summed E-state index contributed by atoms with van der Waals surface area (Å²) < 4.78 is 37.7. The van der Waals surface area contributed by atoms with Crippen molar-refractivity contribution in [1.29, 1.82) is 0 Å². The summed E-state index contributed by atoms with van der Waals surface area (Å²) in [6.45, 7) is 7.56. The highest BCUT2D eigenvalue weighted by Gasteiger charge is 2.28. The Morgan fingerprint density at radius 3 is 2.47 bits per heavy atom. The van der Waals surface area contributed by atoms with Crippen molar-refractivity contribution in [1.82, 2.24) is 5.32 Å². The highest BCUT2D eigenvalue weighted by Crippen LogP contribution is 2.36. The standard InChI is InChI=1S/C26H33BrN2O6S/c1-4-26(31)29-13-10-19-16-20(27)24(17-21(19)29)36(32,33)14-11-25(30)28-12-9-18-7-8-22(34-5-2)23(15-18)35-6-3/h7-8,15-17H,4-6,9-14H2,1-3H3,(H,28,30). The van der Waals surface area contributed by atoms with Gasteiger partial charge in [0.15, 0.2) is 21.3 Å². The number of carbonyl (C=O) groups excluding carboxylic acids is 2. The summed E-state index contributed by atoms with van der Waals surface area (Å²) in [6, 6.07) is 8.97. The summed E-state index contributed by atoms with van der Waals surface area (Å²) in [5.41, 5.74) is 2.54. The average Bonchev–Trinajstić information content (AvgIpc) is 3.26. The van der Waals surface area contributed by atoms with E-state index >= 15 is 0 Å². The Bertz CT molecular complexity index is 1220. The summed E-state index contributed by atoms with van der Waals surface area (Å²) in [5.74, 6) is 0.634. The molecule has 0 saturated carbocycles. The normalized spacial score (nSPS) is 12.8. The number of hydrogen-bond donors (Lipinski definition) is 1. The third-order valence-electron chi connectivity index (χ3n) is 5.91. The van der Waals surface area contributed by atoms with E-state index in [1.165, 1.54) is 0 Å². The lowest BCUT2D eigenvalue weighted by Crippen LogP contribution is -2.28. The number of sulfone groups is 1. The number of carbonyl (C=O) groups is 2. The van der Waals surface area contributed by atoms with E-state index in [0.717, 1.165) is 11.1 Å². The van der Waals surface area contributed by atoms with Crippen molar-refractivity contribution in [3.05, 3.63) is 45.9 Å². The van der Waals surface area contributed by atoms with Crippen LogP contribution in [-0.2, 0) is 32.3 Å². The first-order chi connectivity index (χ1) is 17.2. The zero-order valence-corrected chi connectivity index (χ0v) is 23.3. The molecule has 0 radical (unpaired) electrons. The van der Waals surface area contributed by atoms with Crippen LogP contribution in [0, 0.1) is 0 Å². The molecule has 2 aromatic rings. The van der Waals surface area contributed by atoms with Gasteiger partial charge in [0.2, 0.25) is 11.8 Å². The third-order valence-corrected chi connectivity index (χ3v) is 8.58. The van der Waals surface area contributed by atoms with Crippen LogP contribution < -0.4 is 19.7 Å². The molecule has 0 atom stereocenters. The van der Waals surface area contributed by atoms with Crippen molar-refractivity contribution >= 4 is 43.3 Å². The largest absolute Gasteiger partial charge is 0.490 e. The number of amides is 2. The first-order valence-electron chi connectivity index (χ1n) is 12.2. The van der Waals surface area contributed by atoms with Crippen LogP contribution >= 0.6 is 15.9 Å². The molecule has 196 valence electrons. The number of hydrogen-bond acceptors (Lipinski definition) is 6. The fourth-order valence-electron chi connectivity index (χ4n) is 4.10. The second-order valence-corrected chi connectivity index (χ2v) is 11.3. The molecule has 8 nitrogen and oxygen atoms in total. The molecular formula is C26H33BrN2O6S. The van der Waals surface area contributed by atoms with E-state index in [4.69, 9.17) is 9.47 Å². The van der Waals surface area contributed by atoms with Gasteiger partial charge in [0.1, 0.15) is 0 Å². The lowest BCUT2D eigenvalue weighted by atomic mass is 10.1. The Hall–Kier alpha value is -2.59. The van der Waals surface area contributed by atoms with Crippen LogP contribution in [0.2, 0.25) is 0 Å². The number of ether oxygens (including phenoxy) is 2. The molecule has 1 aliphatic heterocycles. The fraction of sp³-hybridized carbons (Fsp3) is 0.462. The van der Waals surface area contributed by atoms with Crippen molar-refractivity contribution in [2.24, 2.45) is 0 Å². The molecule has 2 amide bonds. The van der Waals surface area contributed by atoms with Gasteiger partial charge >= 0.3 is 0 Å². The van der Waals surface area contributed by atoms with E-state index in [1.807, 2.05) is 32.0 Å². The number of anilines is 1. The summed E-state index contributed by atoms with van der Waals surface area (Å²) in [6.07, 6.45) is 1.45. The van der Waals surface area contributed by atoms with Gasteiger partial charge in [-0.05, 0) is 78.0 Å². The summed E-state index contributed by atoms with van der Waals surface area (Å²) >= 11 is 3.36. The summed E-state index contributed by atoms with van der Waals surface area (Å²) in [7, 11) is -3.74. The van der Waals surface area contributed by atoms with Gasteiger partial charge in [-0.25, -0.2) is 8.42 Å². The molecule has 36 heavy (non-hydrogen) atoms. The van der Waals surface area contributed by atoms with Crippen LogP contribution in [0.3, 0.4) is 0 Å². The van der Waals surface area contributed by atoms with E-state index in [0.29, 0.717) is 67.2 Å². The predicted molar refractivity (Wildman–Crippen MR) is 143 cm³/mol. The Balaban J connectivity index is 1.58. The van der Waals surface area contributed by atoms with Crippen LogP contribution in [0.5, 0.6) is 11.5 Å². The van der Waals surface area contributed by atoms with E-state index < -0.39 is 9.84 Å². The van der Waals surface area contributed by atoms with Crippen LogP contribution in [0.15, 0.2) is 39.7 Å². The number of rotatable bonds is 12. The van der Waals surface area contributed by atoms with Crippen LogP contribution in [0.25, 0.3) is 0 Å². The van der Waals surface area contributed by atoms with Crippen molar-refractivity contribution in [2.75, 3.05) is 37.0 Å². The Morgan fingerprint density at radius 1 is 1.06 bits per heavy atom. The molecule has 0 unspecified atom stereocenters.